The van der Waals surface area contributed by atoms with E-state index in [1.807, 2.05) is 0 Å². The number of alkyl halides is 18. The summed E-state index contributed by atoms with van der Waals surface area (Å²) in [5.74, 6) is -16.9. The van der Waals surface area contributed by atoms with Crippen LogP contribution in [-0.4, -0.2) is 85.1 Å². The standard InChI is InChI=1S/C8H20N.3C5H2F6O2.Cu/c1-5-9(6-2,7-3)8-4;3*6-4(7,8)2(12)1-3(13)5(9,10)11;/h5-8H2,1-4H3;3*1,12H;/q+1;;;;+2/p-3/b;3*2-1-;. The molecule has 0 aromatic rings. The van der Waals surface area contributed by atoms with Crippen molar-refractivity contribution in [1.82, 2.24) is 0 Å². The summed E-state index contributed by atoms with van der Waals surface area (Å²) >= 11 is 0. The molecule has 7 nitrogen and oxygen atoms in total. The maximum absolute atomic E-state index is 11.3. The zero-order valence-corrected chi connectivity index (χ0v) is 25.5. The van der Waals surface area contributed by atoms with E-state index in [0.29, 0.717) is 0 Å². The van der Waals surface area contributed by atoms with Crippen molar-refractivity contribution >= 4 is 17.3 Å². The number of ketones is 3. The van der Waals surface area contributed by atoms with Crippen molar-refractivity contribution in [2.75, 3.05) is 26.2 Å². The Morgan fingerprint density at radius 1 is 0.408 bits per heavy atom. The van der Waals surface area contributed by atoms with Crippen molar-refractivity contribution < 1.29 is 130 Å². The van der Waals surface area contributed by atoms with Gasteiger partial charge in [0.25, 0.3) is 17.3 Å². The molecular formula is C23H23CuF18NO6. The third-order valence-electron chi connectivity index (χ3n) is 5.15. The van der Waals surface area contributed by atoms with Crippen LogP contribution in [0.25, 0.3) is 0 Å². The van der Waals surface area contributed by atoms with Crippen LogP contribution in [0.15, 0.2) is 35.5 Å². The van der Waals surface area contributed by atoms with Crippen molar-refractivity contribution in [3.63, 3.8) is 0 Å². The average molecular weight is 815 g/mol. The average Bonchev–Trinajstić information content (AvgIpc) is 2.88. The van der Waals surface area contributed by atoms with E-state index >= 15 is 0 Å². The third-order valence-corrected chi connectivity index (χ3v) is 5.15. The van der Waals surface area contributed by atoms with Crippen LogP contribution in [-0.2, 0) is 31.5 Å². The van der Waals surface area contributed by atoms with E-state index in [0.717, 1.165) is 0 Å². The Bertz CT molecular complexity index is 983. The van der Waals surface area contributed by atoms with Crippen LogP contribution >= 0.6 is 0 Å². The fourth-order valence-corrected chi connectivity index (χ4v) is 2.19. The zero-order chi connectivity index (χ0) is 39.9. The van der Waals surface area contributed by atoms with E-state index in [2.05, 4.69) is 27.7 Å². The van der Waals surface area contributed by atoms with Gasteiger partial charge in [-0.25, -0.2) is 0 Å². The Morgan fingerprint density at radius 3 is 0.612 bits per heavy atom. The Morgan fingerprint density at radius 2 is 0.551 bits per heavy atom. The molecule has 0 aromatic heterocycles. The van der Waals surface area contributed by atoms with E-state index in [-0.39, 0.29) is 17.1 Å². The Balaban J connectivity index is -0.000000176. The van der Waals surface area contributed by atoms with Gasteiger partial charge in [0.15, 0.2) is 0 Å². The molecule has 0 aliphatic rings. The van der Waals surface area contributed by atoms with E-state index < -0.39 is 89.9 Å². The maximum Gasteiger partial charge on any atom is 2.00 e. The van der Waals surface area contributed by atoms with Gasteiger partial charge in [-0.05, 0) is 63.2 Å². The molecule has 1 radical (unpaired) electrons. The normalized spacial score (nSPS) is 13.7. The minimum atomic E-state index is -5.46. The molecule has 0 rings (SSSR count). The monoisotopic (exact) mass is 814 g/mol. The summed E-state index contributed by atoms with van der Waals surface area (Å²) in [4.78, 5) is 29.5. The molecule has 0 saturated carbocycles. The number of quaternary nitrogens is 1. The first-order valence-electron chi connectivity index (χ1n) is 12.0. The Kier molecular flexibility index (Phi) is 23.9. The van der Waals surface area contributed by atoms with Gasteiger partial charge in [0.2, 0.25) is 0 Å². The van der Waals surface area contributed by atoms with Crippen molar-refractivity contribution in [1.29, 1.82) is 0 Å². The van der Waals surface area contributed by atoms with Gasteiger partial charge < -0.3 is 19.8 Å². The molecule has 0 atom stereocenters. The van der Waals surface area contributed by atoms with Gasteiger partial charge in [-0.1, -0.05) is 0 Å². The van der Waals surface area contributed by atoms with Crippen LogP contribution < -0.4 is 15.3 Å². The molecule has 0 bridgehead atoms. The number of rotatable bonds is 7. The second kappa shape index (κ2) is 21.2. The van der Waals surface area contributed by atoms with Gasteiger partial charge in [-0.3, -0.25) is 14.4 Å². The van der Waals surface area contributed by atoms with Gasteiger partial charge in [0.1, 0.15) is 0 Å². The molecule has 0 unspecified atom stereocenters. The molecule has 293 valence electrons. The van der Waals surface area contributed by atoms with Crippen LogP contribution in [0.2, 0.25) is 0 Å². The molecule has 0 saturated heterocycles. The number of carbonyl (C=O) groups excluding carboxylic acids is 3. The summed E-state index contributed by atoms with van der Waals surface area (Å²) in [6.07, 6.45) is -35.8. The number of carbonyl (C=O) groups is 3. The van der Waals surface area contributed by atoms with Gasteiger partial charge in [0, 0.05) is 0 Å². The largest absolute Gasteiger partial charge is 2.00 e. The van der Waals surface area contributed by atoms with Crippen molar-refractivity contribution in [2.24, 2.45) is 0 Å². The fraction of sp³-hybridized carbons (Fsp3) is 0.609. The molecule has 26 heteroatoms. The minimum Gasteiger partial charge on any atom is -0.869 e. The topological polar surface area (TPSA) is 120 Å². The van der Waals surface area contributed by atoms with Gasteiger partial charge in [-0.15, -0.1) is 0 Å². The van der Waals surface area contributed by atoms with Crippen molar-refractivity contribution in [2.45, 2.75) is 64.8 Å². The Labute approximate surface area is 274 Å². The maximum atomic E-state index is 11.3. The summed E-state index contributed by atoms with van der Waals surface area (Å²) < 4.78 is 205. The molecule has 0 N–H and O–H groups in total. The second-order valence-corrected chi connectivity index (χ2v) is 8.21. The van der Waals surface area contributed by atoms with E-state index in [1.165, 1.54) is 30.7 Å². The third kappa shape index (κ3) is 25.5. The van der Waals surface area contributed by atoms with Crippen molar-refractivity contribution in [3.05, 3.63) is 35.5 Å². The molecule has 0 aromatic carbocycles. The summed E-state index contributed by atoms with van der Waals surface area (Å²) in [5, 5.41) is 29.5. The molecule has 0 fully saturated rings. The van der Waals surface area contributed by atoms with Crippen LogP contribution in [0, 0.1) is 0 Å². The van der Waals surface area contributed by atoms with Crippen molar-refractivity contribution in [3.8, 4) is 0 Å². The van der Waals surface area contributed by atoms with E-state index in [9.17, 15) is 109 Å². The van der Waals surface area contributed by atoms with Crippen LogP contribution in [0.4, 0.5) is 79.0 Å². The van der Waals surface area contributed by atoms with Gasteiger partial charge in [-0.2, -0.15) is 79.0 Å². The van der Waals surface area contributed by atoms with Crippen LogP contribution in [0.1, 0.15) is 27.7 Å². The molecule has 0 aliphatic heterocycles. The zero-order valence-electron chi connectivity index (χ0n) is 24.6. The van der Waals surface area contributed by atoms with Gasteiger partial charge >= 0.3 is 54.1 Å². The molecule has 49 heavy (non-hydrogen) atoms. The molecular weight excluding hydrogens is 792 g/mol. The Hall–Kier alpha value is -3.15. The first kappa shape index (κ1) is 55.3. The smallest absolute Gasteiger partial charge is 0.869 e. The number of halogens is 18. The molecule has 0 spiro atoms. The van der Waals surface area contributed by atoms with Gasteiger partial charge in [0.05, 0.1) is 26.2 Å². The quantitative estimate of drug-likeness (QED) is 0.121. The predicted molar refractivity (Wildman–Crippen MR) is 118 cm³/mol. The molecule has 0 heterocycles. The summed E-state index contributed by atoms with van der Waals surface area (Å²) in [5.41, 5.74) is 0. The number of nitrogens with zero attached hydrogens (tertiary/aromatic N) is 1. The number of hydrogen-bond acceptors (Lipinski definition) is 6. The molecule has 0 aliphatic carbocycles. The first-order valence-corrected chi connectivity index (χ1v) is 12.0. The molecule has 0 amide bonds. The minimum absolute atomic E-state index is 0. The number of allylic oxidation sites excluding steroid dienone is 6. The van der Waals surface area contributed by atoms with E-state index in [1.54, 1.807) is 0 Å². The predicted octanol–water partition coefficient (Wildman–Crippen LogP) is 4.65. The number of hydrogen-bond donors (Lipinski definition) is 0. The summed E-state index contributed by atoms with van der Waals surface area (Å²) in [6.45, 7) is 14.2. The van der Waals surface area contributed by atoms with Crippen LogP contribution in [0.5, 0.6) is 0 Å². The summed E-state index contributed by atoms with van der Waals surface area (Å²) in [6, 6.07) is 0. The summed E-state index contributed by atoms with van der Waals surface area (Å²) in [7, 11) is 0. The fourth-order valence-electron chi connectivity index (χ4n) is 2.19. The second-order valence-electron chi connectivity index (χ2n) is 8.21. The first-order chi connectivity index (χ1) is 20.9. The van der Waals surface area contributed by atoms with Crippen LogP contribution in [0.3, 0.4) is 0 Å². The SMILES string of the molecule is CC[N+](CC)(CC)CC.O=C(/C=C(\[O-])C(F)(F)F)C(F)(F)F.O=C(/C=C(\[O-])C(F)(F)F)C(F)(F)F.O=C(/C=C(\[O-])C(F)(F)F)C(F)(F)F.[Cu+2]. The van der Waals surface area contributed by atoms with E-state index in [4.69, 9.17) is 0 Å².